The molecule has 2 aromatic rings. The number of hydrogen-bond donors (Lipinski definition) is 0. The number of aromatic nitrogens is 2. The fourth-order valence-corrected chi connectivity index (χ4v) is 1.53. The van der Waals surface area contributed by atoms with Gasteiger partial charge in [-0.25, -0.2) is 14.4 Å². The predicted molar refractivity (Wildman–Crippen MR) is 53.6 cm³/mol. The zero-order valence-electron chi connectivity index (χ0n) is 8.16. The van der Waals surface area contributed by atoms with Crippen molar-refractivity contribution < 1.29 is 4.39 Å². The molecule has 2 nitrogen and oxygen atoms in total. The maximum absolute atomic E-state index is 13.5. The SMILES string of the molecule is CC(C)c1ncnc2cccc(F)c12. The molecule has 0 aliphatic carbocycles. The molecule has 3 heteroatoms. The molecule has 1 aromatic heterocycles. The van der Waals surface area contributed by atoms with E-state index in [2.05, 4.69) is 9.97 Å². The first kappa shape index (κ1) is 9.06. The molecule has 0 saturated carbocycles. The Morgan fingerprint density at radius 2 is 2.00 bits per heavy atom. The van der Waals surface area contributed by atoms with E-state index in [1.54, 1.807) is 12.1 Å². The molecule has 2 rings (SSSR count). The van der Waals surface area contributed by atoms with Crippen LogP contribution >= 0.6 is 0 Å². The summed E-state index contributed by atoms with van der Waals surface area (Å²) in [5.41, 5.74) is 1.44. The molecule has 0 bridgehead atoms. The van der Waals surface area contributed by atoms with E-state index in [1.165, 1.54) is 12.4 Å². The van der Waals surface area contributed by atoms with Gasteiger partial charge in [-0.15, -0.1) is 0 Å². The fourth-order valence-electron chi connectivity index (χ4n) is 1.53. The standard InChI is InChI=1S/C11H11FN2/c1-7(2)11-10-8(12)4-3-5-9(10)13-6-14-11/h3-7H,1-2H3. The summed E-state index contributed by atoms with van der Waals surface area (Å²) in [6, 6.07) is 4.90. The van der Waals surface area contributed by atoms with Crippen LogP contribution in [0.15, 0.2) is 24.5 Å². The maximum Gasteiger partial charge on any atom is 0.134 e. The first-order valence-electron chi connectivity index (χ1n) is 4.59. The number of nitrogens with zero attached hydrogens (tertiary/aromatic N) is 2. The Balaban J connectivity index is 2.84. The van der Waals surface area contributed by atoms with E-state index in [-0.39, 0.29) is 11.7 Å². The number of halogens is 1. The molecule has 0 unspecified atom stereocenters. The quantitative estimate of drug-likeness (QED) is 0.691. The molecule has 14 heavy (non-hydrogen) atoms. The summed E-state index contributed by atoms with van der Waals surface area (Å²) in [5.74, 6) is -0.0378. The number of fused-ring (bicyclic) bond motifs is 1. The highest BCUT2D eigenvalue weighted by Crippen LogP contribution is 2.23. The van der Waals surface area contributed by atoms with Crippen LogP contribution < -0.4 is 0 Å². The lowest BCUT2D eigenvalue weighted by Crippen LogP contribution is -1.97. The molecule has 0 atom stereocenters. The van der Waals surface area contributed by atoms with Crippen molar-refractivity contribution in [1.29, 1.82) is 0 Å². The third kappa shape index (κ3) is 1.35. The zero-order chi connectivity index (χ0) is 10.1. The molecular weight excluding hydrogens is 179 g/mol. The van der Waals surface area contributed by atoms with Crippen molar-refractivity contribution in [3.05, 3.63) is 36.0 Å². The van der Waals surface area contributed by atoms with Gasteiger partial charge in [0.2, 0.25) is 0 Å². The topological polar surface area (TPSA) is 25.8 Å². The Bertz CT molecular complexity index is 461. The predicted octanol–water partition coefficient (Wildman–Crippen LogP) is 2.89. The van der Waals surface area contributed by atoms with Crippen molar-refractivity contribution in [1.82, 2.24) is 9.97 Å². The van der Waals surface area contributed by atoms with Gasteiger partial charge in [0.25, 0.3) is 0 Å². The maximum atomic E-state index is 13.5. The third-order valence-corrected chi connectivity index (χ3v) is 2.19. The van der Waals surface area contributed by atoms with Crippen LogP contribution in [0.4, 0.5) is 4.39 Å². The van der Waals surface area contributed by atoms with E-state index in [0.29, 0.717) is 10.9 Å². The second-order valence-corrected chi connectivity index (χ2v) is 3.55. The molecule has 0 N–H and O–H groups in total. The first-order valence-corrected chi connectivity index (χ1v) is 4.59. The lowest BCUT2D eigenvalue weighted by atomic mass is 10.0. The second-order valence-electron chi connectivity index (χ2n) is 3.55. The molecule has 0 saturated heterocycles. The largest absolute Gasteiger partial charge is 0.240 e. The Labute approximate surface area is 81.8 Å². The highest BCUT2D eigenvalue weighted by molar-refractivity contribution is 5.81. The van der Waals surface area contributed by atoms with Gasteiger partial charge in [-0.2, -0.15) is 0 Å². The summed E-state index contributed by atoms with van der Waals surface area (Å²) in [7, 11) is 0. The molecule has 0 fully saturated rings. The van der Waals surface area contributed by atoms with E-state index in [9.17, 15) is 4.39 Å². The average Bonchev–Trinajstić information content (AvgIpc) is 2.17. The minimum atomic E-state index is -0.244. The first-order chi connectivity index (χ1) is 6.70. The van der Waals surface area contributed by atoms with Crippen LogP contribution in [0.5, 0.6) is 0 Å². The summed E-state index contributed by atoms with van der Waals surface area (Å²) < 4.78 is 13.5. The number of hydrogen-bond acceptors (Lipinski definition) is 2. The highest BCUT2D eigenvalue weighted by Gasteiger charge is 2.10. The van der Waals surface area contributed by atoms with Crippen LogP contribution in [-0.4, -0.2) is 9.97 Å². The van der Waals surface area contributed by atoms with Gasteiger partial charge in [0.1, 0.15) is 12.1 Å². The zero-order valence-corrected chi connectivity index (χ0v) is 8.16. The van der Waals surface area contributed by atoms with Crippen molar-refractivity contribution in [3.8, 4) is 0 Å². The van der Waals surface area contributed by atoms with Gasteiger partial charge in [0.05, 0.1) is 16.6 Å². The molecule has 1 heterocycles. The molecule has 0 spiro atoms. The molecule has 0 amide bonds. The van der Waals surface area contributed by atoms with Crippen molar-refractivity contribution in [2.24, 2.45) is 0 Å². The van der Waals surface area contributed by atoms with Crippen molar-refractivity contribution >= 4 is 10.9 Å². The minimum Gasteiger partial charge on any atom is -0.240 e. The molecular formula is C11H11FN2. The van der Waals surface area contributed by atoms with E-state index in [0.717, 1.165) is 5.69 Å². The summed E-state index contributed by atoms with van der Waals surface area (Å²) in [4.78, 5) is 8.15. The van der Waals surface area contributed by atoms with Gasteiger partial charge in [-0.05, 0) is 18.1 Å². The highest BCUT2D eigenvalue weighted by atomic mass is 19.1. The minimum absolute atomic E-state index is 0.206. The van der Waals surface area contributed by atoms with Crippen molar-refractivity contribution in [3.63, 3.8) is 0 Å². The van der Waals surface area contributed by atoms with Crippen LogP contribution in [-0.2, 0) is 0 Å². The molecule has 1 aromatic carbocycles. The third-order valence-electron chi connectivity index (χ3n) is 2.19. The summed E-state index contributed by atoms with van der Waals surface area (Å²) in [5, 5.41) is 0.546. The van der Waals surface area contributed by atoms with Gasteiger partial charge in [0.15, 0.2) is 0 Å². The monoisotopic (exact) mass is 190 g/mol. The molecule has 0 radical (unpaired) electrons. The summed E-state index contributed by atoms with van der Waals surface area (Å²) in [6.07, 6.45) is 1.48. The van der Waals surface area contributed by atoms with E-state index >= 15 is 0 Å². The lowest BCUT2D eigenvalue weighted by Gasteiger charge is -2.07. The number of benzene rings is 1. The second kappa shape index (κ2) is 3.33. The van der Waals surface area contributed by atoms with Gasteiger partial charge in [0, 0.05) is 0 Å². The van der Waals surface area contributed by atoms with Gasteiger partial charge >= 0.3 is 0 Å². The number of rotatable bonds is 1. The Morgan fingerprint density at radius 3 is 2.71 bits per heavy atom. The molecule has 0 aliphatic heterocycles. The Kier molecular flexibility index (Phi) is 2.15. The van der Waals surface area contributed by atoms with Gasteiger partial charge in [-0.3, -0.25) is 0 Å². The van der Waals surface area contributed by atoms with E-state index in [1.807, 2.05) is 13.8 Å². The molecule has 0 aliphatic rings. The summed E-state index contributed by atoms with van der Waals surface area (Å²) >= 11 is 0. The van der Waals surface area contributed by atoms with Crippen LogP contribution in [0.1, 0.15) is 25.5 Å². The van der Waals surface area contributed by atoms with Gasteiger partial charge in [-0.1, -0.05) is 19.9 Å². The van der Waals surface area contributed by atoms with Crippen molar-refractivity contribution in [2.45, 2.75) is 19.8 Å². The van der Waals surface area contributed by atoms with Crippen LogP contribution in [0.3, 0.4) is 0 Å². The van der Waals surface area contributed by atoms with Gasteiger partial charge < -0.3 is 0 Å². The average molecular weight is 190 g/mol. The normalized spacial score (nSPS) is 11.1. The Morgan fingerprint density at radius 1 is 1.21 bits per heavy atom. The van der Waals surface area contributed by atoms with Crippen molar-refractivity contribution in [2.75, 3.05) is 0 Å². The summed E-state index contributed by atoms with van der Waals surface area (Å²) in [6.45, 7) is 3.99. The van der Waals surface area contributed by atoms with Crippen LogP contribution in [0.25, 0.3) is 10.9 Å². The Hall–Kier alpha value is -1.51. The fraction of sp³-hybridized carbons (Fsp3) is 0.273. The van der Waals surface area contributed by atoms with E-state index in [4.69, 9.17) is 0 Å². The lowest BCUT2D eigenvalue weighted by molar-refractivity contribution is 0.635. The van der Waals surface area contributed by atoms with Crippen LogP contribution in [0.2, 0.25) is 0 Å². The van der Waals surface area contributed by atoms with E-state index < -0.39 is 0 Å². The smallest absolute Gasteiger partial charge is 0.134 e. The van der Waals surface area contributed by atoms with Crippen LogP contribution in [0, 0.1) is 5.82 Å². The molecule has 72 valence electrons.